The fraction of sp³-hybridized carbons (Fsp3) is 0.737. The topological polar surface area (TPSA) is 147 Å². The maximum atomic E-state index is 13.3. The number of ether oxygens (including phenoxy) is 1. The van der Waals surface area contributed by atoms with Gasteiger partial charge in [0.1, 0.15) is 22.8 Å². The Morgan fingerprint density at radius 3 is 1.00 bits per heavy atom. The van der Waals surface area contributed by atoms with Crippen LogP contribution in [0.3, 0.4) is 0 Å². The van der Waals surface area contributed by atoms with Crippen LogP contribution in [0.15, 0.2) is 0 Å². The average molecular weight is 5050 g/mol. The van der Waals surface area contributed by atoms with Crippen LogP contribution in [0.25, 0.3) is 0 Å². The number of amides is 1. The van der Waals surface area contributed by atoms with Crippen molar-refractivity contribution in [3.8, 4) is 0 Å². The molecule has 436 valence electrons. The van der Waals surface area contributed by atoms with Crippen LogP contribution in [-0.4, -0.2) is 53.9 Å². The third-order valence-electron chi connectivity index (χ3n) is 6.38. The van der Waals surface area contributed by atoms with Crippen LogP contribution in [0.4, 0.5) is 22.4 Å². The van der Waals surface area contributed by atoms with Gasteiger partial charge in [-0.25, -0.2) is 32.3 Å². The van der Waals surface area contributed by atoms with Crippen molar-refractivity contribution in [3.05, 3.63) is 23.3 Å². The van der Waals surface area contributed by atoms with Crippen LogP contribution in [-0.2, 0) is 15.8 Å². The summed E-state index contributed by atoms with van der Waals surface area (Å²) in [7, 11) is -8.33. The van der Waals surface area contributed by atoms with Crippen molar-refractivity contribution >= 4 is 494 Å². The molecule has 0 spiro atoms. The third kappa shape index (κ3) is 31.9. The quantitative estimate of drug-likeness (QED) is 0.0809. The molecule has 0 bridgehead atoms. The Kier molecular flexibility index (Phi) is 55.7. The Balaban J connectivity index is 0.000000406. The Morgan fingerprint density at radius 1 is 0.522 bits per heavy atom. The van der Waals surface area contributed by atoms with Crippen LogP contribution in [0.2, 0.25) is 0 Å². The number of carbonyl (C=O) groups excluding carboxylic acids is 1. The van der Waals surface area contributed by atoms with Crippen LogP contribution in [0, 0.1) is 13.8 Å². The van der Waals surface area contributed by atoms with Crippen LogP contribution in [0.5, 0.6) is 0 Å². The molecule has 0 radical (unpaired) electrons. The molecular weight excluding hydrogens is 5020 g/mol. The molecule has 5 N–H and O–H groups in total. The van der Waals surface area contributed by atoms with E-state index >= 15 is 0 Å². The molecule has 2 heterocycles. The number of H-pyrrole nitrogens is 2. The molecule has 0 unspecified atom stereocenters. The van der Waals surface area contributed by atoms with Gasteiger partial charge in [-0.2, -0.15) is 10.2 Å². The Morgan fingerprint density at radius 2 is 0.783 bits per heavy atom. The van der Waals surface area contributed by atoms with Gasteiger partial charge >= 0.3 is 494 Å². The summed E-state index contributed by atoms with van der Waals surface area (Å²) in [5.41, 5.74) is 2.69. The molecule has 0 aliphatic heterocycles. The van der Waals surface area contributed by atoms with E-state index < -0.39 is 182 Å². The van der Waals surface area contributed by atoms with Gasteiger partial charge in [0.15, 0.2) is 11.6 Å². The van der Waals surface area contributed by atoms with Gasteiger partial charge in [0.05, 0.1) is 5.54 Å². The standard InChI is InChI=1S/C12H18F2N4O2.C7H10F2N4.I36/c1-7-15-8(18-17-7)11(5-12(13,14)6-11)16-9(19)20-10(2,3)4;1-4-11-5(13-12-4)6(10)2-7(8,9)3-6;1-20(2)22(5)24(7)26(9)28(11)30(13)32(15)34(17)36(19)35(18)33(16)31(14)29(12)27(10)25(8)23(6)21(3)4/h5-6H2,1-4H3,(H,16,19)(H,15,17,18);2-3,10H2,1H3,(H,11,12,13);. The van der Waals surface area contributed by atoms with Gasteiger partial charge in [-0.05, 0) is 34.6 Å². The van der Waals surface area contributed by atoms with E-state index in [0.29, 0.717) is 11.6 Å². The first-order valence-electron chi connectivity index (χ1n) is 15.3. The monoisotopic (exact) mass is 5040 g/mol. The van der Waals surface area contributed by atoms with Gasteiger partial charge in [0, 0.05) is 25.7 Å². The molecule has 0 atom stereocenters. The molecule has 0 saturated heterocycles. The summed E-state index contributed by atoms with van der Waals surface area (Å²) in [6, 6.07) is 0. The summed E-state index contributed by atoms with van der Waals surface area (Å²) in [4.78, 5) is 19.8. The minimum absolute atomic E-state index is 0.159. The summed E-state index contributed by atoms with van der Waals surface area (Å²) < 4.78 is 56.8. The van der Waals surface area contributed by atoms with E-state index in [9.17, 15) is 22.4 Å². The fourth-order valence-corrected chi connectivity index (χ4v) is 6290. The molecule has 10 nitrogen and oxygen atoms in total. The van der Waals surface area contributed by atoms with Gasteiger partial charge in [0.25, 0.3) is 11.8 Å². The van der Waals surface area contributed by atoms with Gasteiger partial charge in [-0.15, -0.1) is 0 Å². The molecule has 2 aliphatic rings. The van der Waals surface area contributed by atoms with Gasteiger partial charge < -0.3 is 15.8 Å². The molecule has 2 aromatic heterocycles. The van der Waals surface area contributed by atoms with Crippen molar-refractivity contribution in [2.75, 3.05) is 0 Å². The summed E-state index contributed by atoms with van der Waals surface area (Å²) >= 11 is 60.6. The van der Waals surface area contributed by atoms with Crippen LogP contribution >= 0.6 is 488 Å². The molecule has 2 fully saturated rings. The number of halogens is 40. The fourth-order valence-electron chi connectivity index (χ4n) is 4.25. The number of aromatic amines is 2. The number of nitrogens with two attached hydrogens (primary N) is 1. The number of rotatable bonds is 19. The summed E-state index contributed by atoms with van der Waals surface area (Å²) in [6.07, 6.45) is -2.54. The van der Waals surface area contributed by atoms with E-state index in [1.807, 2.05) is 0 Å². The molecule has 4 rings (SSSR count). The van der Waals surface area contributed by atoms with Crippen molar-refractivity contribution in [1.82, 2.24) is 35.7 Å². The number of aryl methyl sites for hydroxylation is 2. The molecule has 1 amide bonds. The number of alkyl carbamates (subject to hydrolysis) is 1. The second kappa shape index (κ2) is 43.3. The Labute approximate surface area is 645 Å². The van der Waals surface area contributed by atoms with Crippen LogP contribution in [0.1, 0.15) is 69.8 Å². The van der Waals surface area contributed by atoms with E-state index in [1.54, 1.807) is 34.6 Å². The Hall–Kier alpha value is 23.5. The maximum absolute atomic E-state index is 13.3. The number of nitrogens with zero attached hydrogens (tertiary/aromatic N) is 4. The number of aromatic nitrogens is 6. The Bertz CT molecular complexity index is 1840. The zero-order chi connectivity index (χ0) is 53.7. The summed E-state index contributed by atoms with van der Waals surface area (Å²) in [5.74, 6) is -3.94. The number of alkyl halides is 4. The second-order valence-corrected chi connectivity index (χ2v) is 841. The zero-order valence-corrected chi connectivity index (χ0v) is 110. The van der Waals surface area contributed by atoms with E-state index in [2.05, 4.69) is 389 Å². The molecule has 2 aromatic rings. The van der Waals surface area contributed by atoms with Crippen LogP contribution < -0.4 is 11.1 Å². The van der Waals surface area contributed by atoms with Crippen molar-refractivity contribution < 1.29 is 27.1 Å². The normalized spacial score (nSPS) is 20.0. The number of carbonyl (C=O) groups is 1. The SMILES string of the molecule is Cc1nc(C2(N)CC(F)(F)C2)n[nH]1.Cc1nc(C2(NC(=O)OC(C)(C)C)CC(F)(F)C2)n[nH]1.II(I)I(I)I(I)I(I)I(I)I(I)I(I)I(I)I(I)I(I)I(I)I(I)I(I)I(I)I(I)I(I)I(I)I. The van der Waals surface area contributed by atoms with E-state index in [-0.39, 0.29) is 24.5 Å². The average Bonchev–Trinajstić information content (AvgIpc) is 3.88. The predicted octanol–water partition coefficient (Wildman–Crippen LogP) is 34.8. The number of nitrogens with one attached hydrogen (secondary N) is 3. The minimum atomic E-state index is -2.83. The summed E-state index contributed by atoms with van der Waals surface area (Å²) in [5, 5.41) is 15.3. The van der Waals surface area contributed by atoms with E-state index in [1.165, 1.54) is 0 Å². The molecule has 0 aromatic carbocycles. The van der Waals surface area contributed by atoms with Crippen molar-refractivity contribution in [1.29, 1.82) is 0 Å². The first-order valence-corrected chi connectivity index (χ1v) is 235. The molecule has 69 heavy (non-hydrogen) atoms. The zero-order valence-electron chi connectivity index (χ0n) is 32.6. The first-order chi connectivity index (χ1) is 31.2. The van der Waals surface area contributed by atoms with Gasteiger partial charge in [-0.1, -0.05) is 0 Å². The summed E-state index contributed by atoms with van der Waals surface area (Å²) in [6.45, 7) is 8.47. The van der Waals surface area contributed by atoms with Gasteiger partial charge in [0.2, 0.25) is 0 Å². The van der Waals surface area contributed by atoms with E-state index in [0.717, 1.165) is 0 Å². The molecule has 2 aliphatic carbocycles. The van der Waals surface area contributed by atoms with Gasteiger partial charge in [-0.3, -0.25) is 10.2 Å². The second-order valence-electron chi connectivity index (χ2n) is 12.5. The number of hydrogen-bond donors (Lipinski definition) is 4. The van der Waals surface area contributed by atoms with Crippen molar-refractivity contribution in [3.63, 3.8) is 0 Å². The van der Waals surface area contributed by atoms with Crippen molar-refractivity contribution in [2.24, 2.45) is 5.73 Å². The third-order valence-corrected chi connectivity index (χ3v) is 2650. The number of hydrogen-bond acceptors (Lipinski definition) is 7. The molecule has 50 heteroatoms. The molecular formula is C19H28F4I36N8O2. The predicted molar refractivity (Wildman–Crippen MR) is 612 cm³/mol. The van der Waals surface area contributed by atoms with Crippen molar-refractivity contribution in [2.45, 2.75) is 88.8 Å². The first kappa shape index (κ1) is 88.6. The van der Waals surface area contributed by atoms with E-state index in [4.69, 9.17) is 10.5 Å². The molecule has 2 saturated carbocycles.